The van der Waals surface area contributed by atoms with Crippen LogP contribution in [0.15, 0.2) is 71.2 Å². The zero-order valence-corrected chi connectivity index (χ0v) is 30.8. The highest BCUT2D eigenvalue weighted by molar-refractivity contribution is 7.92. The SMILES string of the molecule is CO[C@H]1/C=C/C[C@H](C)CS(=O)(NC(=O)Nc2ccnc(C)c2)=NC(=O)c2ccc3c(c2)N(C[C@@H]2CC[C@H]21)C[C@@]1(CCCc2cc(C)ccc21)CO3. The molecule has 1 unspecified atom stereocenters. The molecule has 3 aromatic rings. The molecule has 3 heterocycles. The Bertz CT molecular complexity index is 1970. The number of benzene rings is 2. The molecule has 2 aliphatic carbocycles. The molecule has 51 heavy (non-hydrogen) atoms. The van der Waals surface area contributed by atoms with Gasteiger partial charge < -0.3 is 19.7 Å². The van der Waals surface area contributed by atoms with Gasteiger partial charge in [-0.05, 0) is 112 Å². The van der Waals surface area contributed by atoms with Crippen molar-refractivity contribution in [3.05, 3.63) is 94.8 Å². The molecule has 11 heteroatoms. The summed E-state index contributed by atoms with van der Waals surface area (Å²) in [5.74, 6) is 0.690. The molecule has 2 aliphatic heterocycles. The van der Waals surface area contributed by atoms with Crippen LogP contribution in [0, 0.1) is 31.6 Å². The molecule has 2 bridgehead atoms. The van der Waals surface area contributed by atoms with Gasteiger partial charge in [-0.1, -0.05) is 42.8 Å². The molecular formula is C40H49N5O5S. The number of rotatable bonds is 3. The number of allylic oxidation sites excluding steroid dienone is 1. The first kappa shape index (κ1) is 35.2. The normalized spacial score (nSPS) is 29.6. The van der Waals surface area contributed by atoms with E-state index in [1.807, 2.05) is 26.0 Å². The van der Waals surface area contributed by atoms with Gasteiger partial charge in [0.15, 0.2) is 0 Å². The standard InChI is InChI=1S/C40H49N5O5S/c1-26-10-14-34-29(19-26)8-6-17-40(34)24-45-22-31-11-13-33(31)36(49-4)9-5-7-27(2)23-51(48,44-39(47)42-32-16-18-41-28(3)20-32)43-38(46)30-12-15-37(50-25-40)35(45)21-30/h5,9-10,12,14-16,18-21,27,31,33,36H,6-8,11,13,17,22-25H2,1-4H3,(H2,41,42,43,44,46,47,48)/b9-5+/t27-,31-,33+,36-,40-,51?/m0/s1. The smallest absolute Gasteiger partial charge is 0.331 e. The van der Waals surface area contributed by atoms with Crippen LogP contribution in [-0.4, -0.2) is 59.8 Å². The number of urea groups is 1. The summed E-state index contributed by atoms with van der Waals surface area (Å²) in [6.45, 7) is 8.02. The maximum atomic E-state index is 14.5. The van der Waals surface area contributed by atoms with Crippen molar-refractivity contribution in [2.45, 2.75) is 70.8 Å². The molecule has 1 fully saturated rings. The minimum atomic E-state index is -3.53. The van der Waals surface area contributed by atoms with Crippen molar-refractivity contribution in [2.24, 2.45) is 22.1 Å². The van der Waals surface area contributed by atoms with Crippen LogP contribution in [0.25, 0.3) is 0 Å². The summed E-state index contributed by atoms with van der Waals surface area (Å²) in [7, 11) is -1.76. The predicted molar refractivity (Wildman–Crippen MR) is 201 cm³/mol. The number of carbonyl (C=O) groups excluding carboxylic acids is 2. The van der Waals surface area contributed by atoms with E-state index in [2.05, 4.69) is 61.6 Å². The molecule has 7 rings (SSSR count). The number of nitrogens with zero attached hydrogens (tertiary/aromatic N) is 3. The van der Waals surface area contributed by atoms with Gasteiger partial charge in [0, 0.05) is 48.8 Å². The fourth-order valence-corrected chi connectivity index (χ4v) is 10.3. The fraction of sp³-hybridized carbons (Fsp3) is 0.475. The minimum absolute atomic E-state index is 0.00282. The predicted octanol–water partition coefficient (Wildman–Crippen LogP) is 7.15. The molecule has 0 saturated heterocycles. The van der Waals surface area contributed by atoms with Crippen LogP contribution in [-0.2, 0) is 26.5 Å². The average molecular weight is 712 g/mol. The first-order valence-electron chi connectivity index (χ1n) is 18.1. The van der Waals surface area contributed by atoms with Gasteiger partial charge in [-0.2, -0.15) is 0 Å². The highest BCUT2D eigenvalue weighted by atomic mass is 32.2. The number of methoxy groups -OCH3 is 1. The van der Waals surface area contributed by atoms with Crippen LogP contribution in [0.1, 0.15) is 71.8 Å². The second-order valence-electron chi connectivity index (χ2n) is 15.1. The van der Waals surface area contributed by atoms with Gasteiger partial charge in [-0.3, -0.25) is 9.78 Å². The Balaban J connectivity index is 1.28. The minimum Gasteiger partial charge on any atom is -0.490 e. The number of hydrogen-bond donors (Lipinski definition) is 2. The maximum absolute atomic E-state index is 14.5. The monoisotopic (exact) mass is 711 g/mol. The Labute approximate surface area is 301 Å². The number of fused-ring (bicyclic) bond motifs is 4. The number of pyridine rings is 1. The molecule has 2 aromatic carbocycles. The Morgan fingerprint density at radius 1 is 1.12 bits per heavy atom. The fourth-order valence-electron chi connectivity index (χ4n) is 8.45. The number of hydrogen-bond acceptors (Lipinski definition) is 7. The highest BCUT2D eigenvalue weighted by Crippen LogP contribution is 2.47. The summed E-state index contributed by atoms with van der Waals surface area (Å²) in [5.41, 5.74) is 6.17. The second kappa shape index (κ2) is 14.4. The highest BCUT2D eigenvalue weighted by Gasteiger charge is 2.44. The number of nitrogens with one attached hydrogen (secondary N) is 2. The number of anilines is 2. The van der Waals surface area contributed by atoms with E-state index < -0.39 is 21.9 Å². The van der Waals surface area contributed by atoms with E-state index in [0.717, 1.165) is 62.3 Å². The van der Waals surface area contributed by atoms with E-state index in [-0.39, 0.29) is 23.2 Å². The van der Waals surface area contributed by atoms with E-state index in [4.69, 9.17) is 9.47 Å². The van der Waals surface area contributed by atoms with Crippen LogP contribution in [0.3, 0.4) is 0 Å². The van der Waals surface area contributed by atoms with Crippen LogP contribution < -0.4 is 19.7 Å². The second-order valence-corrected chi connectivity index (χ2v) is 17.1. The van der Waals surface area contributed by atoms with Crippen molar-refractivity contribution < 1.29 is 23.3 Å². The molecule has 10 nitrogen and oxygen atoms in total. The van der Waals surface area contributed by atoms with Crippen molar-refractivity contribution >= 4 is 33.2 Å². The zero-order chi connectivity index (χ0) is 35.8. The van der Waals surface area contributed by atoms with Crippen molar-refractivity contribution in [3.63, 3.8) is 0 Å². The molecule has 1 saturated carbocycles. The first-order valence-corrected chi connectivity index (χ1v) is 19.8. The molecule has 0 radical (unpaired) electrons. The lowest BCUT2D eigenvalue weighted by Crippen LogP contribution is -2.49. The van der Waals surface area contributed by atoms with E-state index in [0.29, 0.717) is 36.1 Å². The Morgan fingerprint density at radius 2 is 1.98 bits per heavy atom. The van der Waals surface area contributed by atoms with E-state index in [1.165, 1.54) is 16.7 Å². The number of amides is 3. The van der Waals surface area contributed by atoms with Gasteiger partial charge >= 0.3 is 6.03 Å². The molecule has 1 aromatic heterocycles. The zero-order valence-electron chi connectivity index (χ0n) is 30.0. The van der Waals surface area contributed by atoms with E-state index in [1.54, 1.807) is 31.5 Å². The lowest BCUT2D eigenvalue weighted by atomic mass is 9.68. The molecule has 6 atom stereocenters. The summed E-state index contributed by atoms with van der Waals surface area (Å²) in [6.07, 6.45) is 11.7. The summed E-state index contributed by atoms with van der Waals surface area (Å²) in [5, 5.41) is 2.72. The molecule has 270 valence electrons. The third-order valence-corrected chi connectivity index (χ3v) is 13.1. The van der Waals surface area contributed by atoms with Crippen LogP contribution in [0.4, 0.5) is 16.2 Å². The van der Waals surface area contributed by atoms with Crippen LogP contribution in [0.2, 0.25) is 0 Å². The van der Waals surface area contributed by atoms with Crippen molar-refractivity contribution in [1.82, 2.24) is 9.71 Å². The topological polar surface area (TPSA) is 122 Å². The summed E-state index contributed by atoms with van der Waals surface area (Å²) >= 11 is 0. The third kappa shape index (κ3) is 7.55. The van der Waals surface area contributed by atoms with Crippen molar-refractivity contribution in [1.29, 1.82) is 0 Å². The molecule has 1 spiro atoms. The molecular weight excluding hydrogens is 663 g/mol. The third-order valence-electron chi connectivity index (χ3n) is 11.1. The van der Waals surface area contributed by atoms with Gasteiger partial charge in [0.2, 0.25) is 0 Å². The van der Waals surface area contributed by atoms with E-state index >= 15 is 0 Å². The molecule has 4 aliphatic rings. The summed E-state index contributed by atoms with van der Waals surface area (Å²) in [6, 6.07) is 14.9. The van der Waals surface area contributed by atoms with Crippen LogP contribution in [0.5, 0.6) is 5.75 Å². The van der Waals surface area contributed by atoms with Crippen molar-refractivity contribution in [2.75, 3.05) is 42.8 Å². The Hall–Kier alpha value is -4.22. The quantitative estimate of drug-likeness (QED) is 0.277. The van der Waals surface area contributed by atoms with Gasteiger partial charge in [0.05, 0.1) is 24.2 Å². The largest absolute Gasteiger partial charge is 0.490 e. The van der Waals surface area contributed by atoms with Crippen LogP contribution >= 0.6 is 0 Å². The van der Waals surface area contributed by atoms with Gasteiger partial charge in [0.1, 0.15) is 15.7 Å². The molecule has 2 N–H and O–H groups in total. The lowest BCUT2D eigenvalue weighted by Gasteiger charge is -2.46. The Kier molecular flexibility index (Phi) is 9.95. The average Bonchev–Trinajstić information content (AvgIpc) is 3.22. The summed E-state index contributed by atoms with van der Waals surface area (Å²) < 4.78 is 34.0. The first-order chi connectivity index (χ1) is 24.5. The number of aryl methyl sites for hydroxylation is 3. The van der Waals surface area contributed by atoms with Gasteiger partial charge in [-0.15, -0.1) is 4.36 Å². The van der Waals surface area contributed by atoms with Gasteiger partial charge in [-0.25, -0.2) is 13.7 Å². The number of carbonyl (C=O) groups is 2. The number of aromatic nitrogens is 1. The maximum Gasteiger partial charge on any atom is 0.331 e. The Morgan fingerprint density at radius 3 is 2.76 bits per heavy atom. The summed E-state index contributed by atoms with van der Waals surface area (Å²) in [4.78, 5) is 33.7. The van der Waals surface area contributed by atoms with Gasteiger partial charge in [0.25, 0.3) is 5.91 Å². The lowest BCUT2D eigenvalue weighted by molar-refractivity contribution is 0.0131. The van der Waals surface area contributed by atoms with Crippen molar-refractivity contribution in [3.8, 4) is 5.75 Å². The number of ether oxygens (including phenoxy) is 2. The van der Waals surface area contributed by atoms with E-state index in [9.17, 15) is 13.8 Å². The molecule has 3 amide bonds.